The van der Waals surface area contributed by atoms with Crippen molar-refractivity contribution in [2.24, 2.45) is 0 Å². The van der Waals surface area contributed by atoms with E-state index in [1.807, 2.05) is 4.90 Å². The lowest BCUT2D eigenvalue weighted by atomic mass is 10.5. The molecule has 0 saturated heterocycles. The van der Waals surface area contributed by atoms with E-state index < -0.39 is 0 Å². The van der Waals surface area contributed by atoms with Crippen LogP contribution in [0.3, 0.4) is 0 Å². The molecule has 1 amide bonds. The molecule has 0 radical (unpaired) electrons. The molecule has 0 spiro atoms. The monoisotopic (exact) mass is 300 g/mol. The van der Waals surface area contributed by atoms with Crippen LogP contribution < -0.4 is 0 Å². The molecule has 3 nitrogen and oxygen atoms in total. The minimum Gasteiger partial charge on any atom is -0.359 e. The van der Waals surface area contributed by atoms with Crippen LogP contribution in [0.1, 0.15) is 0 Å². The molecule has 5 heteroatoms. The van der Waals surface area contributed by atoms with Gasteiger partial charge in [-0.25, -0.2) is 0 Å². The maximum atomic E-state index is 11.2. The minimum absolute atomic E-state index is 0.0842. The Kier molecular flexibility index (Phi) is 6.64. The van der Waals surface area contributed by atoms with Gasteiger partial charge >= 0.3 is 0 Å². The van der Waals surface area contributed by atoms with Crippen LogP contribution in [0.15, 0.2) is 0 Å². The Hall–Kier alpha value is 0.0900. The highest BCUT2D eigenvalue weighted by Crippen LogP contribution is 1.90. The van der Waals surface area contributed by atoms with E-state index in [-0.39, 0.29) is 5.91 Å². The lowest BCUT2D eigenvalue weighted by Gasteiger charge is -2.19. The summed E-state index contributed by atoms with van der Waals surface area (Å²) in [5, 5.41) is 0. The first-order chi connectivity index (χ1) is 5.61. The number of likely N-dealkylation sites (N-methyl/N-ethyl adjacent to an activating group) is 1. The standard InChI is InChI=1S/C7H13IN2OS/c1-9(2)7(11)5-10(6-12)4-3-8/h6H,3-5H2,1-2H3. The molecule has 0 aliphatic carbocycles. The van der Waals surface area contributed by atoms with E-state index in [0.29, 0.717) is 6.54 Å². The largest absolute Gasteiger partial charge is 0.359 e. The van der Waals surface area contributed by atoms with E-state index >= 15 is 0 Å². The molecular weight excluding hydrogens is 287 g/mol. The van der Waals surface area contributed by atoms with Crippen LogP contribution in [0.2, 0.25) is 0 Å². The van der Waals surface area contributed by atoms with E-state index in [1.54, 1.807) is 24.5 Å². The highest BCUT2D eigenvalue weighted by molar-refractivity contribution is 14.1. The molecule has 0 N–H and O–H groups in total. The Morgan fingerprint density at radius 1 is 1.58 bits per heavy atom. The molecule has 0 bridgehead atoms. The SMILES string of the molecule is CN(C)C(=O)CN(C=S)CCI. The molecule has 0 aromatic carbocycles. The second-order valence-electron chi connectivity index (χ2n) is 2.55. The first-order valence-corrected chi connectivity index (χ1v) is 5.57. The number of thiocarbonyl (C=S) groups is 1. The van der Waals surface area contributed by atoms with Crippen LogP contribution in [0.25, 0.3) is 0 Å². The third-order valence-electron chi connectivity index (χ3n) is 1.36. The minimum atomic E-state index is 0.0842. The van der Waals surface area contributed by atoms with Crippen molar-refractivity contribution in [2.75, 3.05) is 31.6 Å². The molecule has 0 aromatic rings. The van der Waals surface area contributed by atoms with Gasteiger partial charge in [0.1, 0.15) is 0 Å². The fourth-order valence-corrected chi connectivity index (χ4v) is 1.39. The van der Waals surface area contributed by atoms with Crippen molar-refractivity contribution in [3.05, 3.63) is 0 Å². The predicted molar refractivity (Wildman–Crippen MR) is 62.8 cm³/mol. The highest BCUT2D eigenvalue weighted by atomic mass is 127. The van der Waals surface area contributed by atoms with Crippen LogP contribution in [0.4, 0.5) is 0 Å². The van der Waals surface area contributed by atoms with E-state index in [4.69, 9.17) is 12.2 Å². The van der Waals surface area contributed by atoms with Gasteiger partial charge in [-0.2, -0.15) is 0 Å². The Bertz CT molecular complexity index is 163. The normalized spacial score (nSPS) is 9.25. The molecule has 0 unspecified atom stereocenters. The second-order valence-corrected chi connectivity index (χ2v) is 3.84. The third kappa shape index (κ3) is 4.87. The molecular formula is C7H13IN2OS. The fraction of sp³-hybridized carbons (Fsp3) is 0.714. The lowest BCUT2D eigenvalue weighted by molar-refractivity contribution is -0.128. The van der Waals surface area contributed by atoms with Gasteiger partial charge in [0.25, 0.3) is 0 Å². The van der Waals surface area contributed by atoms with Gasteiger partial charge in [-0.1, -0.05) is 34.8 Å². The topological polar surface area (TPSA) is 23.6 Å². The van der Waals surface area contributed by atoms with Gasteiger partial charge in [-0.3, -0.25) is 4.79 Å². The number of carbonyl (C=O) groups excluding carboxylic acids is 1. The molecule has 0 fully saturated rings. The summed E-state index contributed by atoms with van der Waals surface area (Å²) in [4.78, 5) is 14.6. The van der Waals surface area contributed by atoms with Crippen LogP contribution >= 0.6 is 34.8 Å². The summed E-state index contributed by atoms with van der Waals surface area (Å²) in [5.74, 6) is 0.0842. The van der Waals surface area contributed by atoms with E-state index in [9.17, 15) is 4.79 Å². The van der Waals surface area contributed by atoms with Crippen LogP contribution in [-0.2, 0) is 4.79 Å². The molecule has 0 aliphatic rings. The van der Waals surface area contributed by atoms with Crippen molar-refractivity contribution in [3.8, 4) is 0 Å². The first kappa shape index (κ1) is 12.1. The first-order valence-electron chi connectivity index (χ1n) is 3.57. The maximum absolute atomic E-state index is 11.2. The number of amides is 1. The van der Waals surface area contributed by atoms with Crippen molar-refractivity contribution >= 4 is 46.2 Å². The Balaban J connectivity index is 3.85. The van der Waals surface area contributed by atoms with Crippen molar-refractivity contribution in [2.45, 2.75) is 0 Å². The Morgan fingerprint density at radius 3 is 2.50 bits per heavy atom. The van der Waals surface area contributed by atoms with Gasteiger partial charge in [-0.15, -0.1) is 0 Å². The van der Waals surface area contributed by atoms with Crippen molar-refractivity contribution < 1.29 is 4.79 Å². The van der Waals surface area contributed by atoms with Gasteiger partial charge in [0.2, 0.25) is 5.91 Å². The molecule has 0 saturated carbocycles. The predicted octanol–water partition coefficient (Wildman–Crippen LogP) is 0.769. The zero-order valence-electron chi connectivity index (χ0n) is 7.29. The summed E-state index contributed by atoms with van der Waals surface area (Å²) in [6.45, 7) is 1.23. The number of hydrogen-bond acceptors (Lipinski definition) is 2. The van der Waals surface area contributed by atoms with E-state index in [1.165, 1.54) is 0 Å². The summed E-state index contributed by atoms with van der Waals surface area (Å²) in [6.07, 6.45) is 0. The smallest absolute Gasteiger partial charge is 0.241 e. The molecule has 0 aliphatic heterocycles. The van der Waals surface area contributed by atoms with Crippen LogP contribution in [-0.4, -0.2) is 52.8 Å². The van der Waals surface area contributed by atoms with Crippen molar-refractivity contribution in [1.29, 1.82) is 0 Å². The van der Waals surface area contributed by atoms with Crippen molar-refractivity contribution in [3.63, 3.8) is 0 Å². The number of nitrogens with zero attached hydrogens (tertiary/aromatic N) is 2. The Morgan fingerprint density at radius 2 is 2.17 bits per heavy atom. The number of carbonyl (C=O) groups is 1. The fourth-order valence-electron chi connectivity index (χ4n) is 0.593. The average molecular weight is 300 g/mol. The highest BCUT2D eigenvalue weighted by Gasteiger charge is 2.07. The molecule has 70 valence electrons. The van der Waals surface area contributed by atoms with Crippen molar-refractivity contribution in [1.82, 2.24) is 9.80 Å². The molecule has 0 atom stereocenters. The molecule has 0 heterocycles. The molecule has 0 aromatic heterocycles. The quantitative estimate of drug-likeness (QED) is 0.426. The summed E-state index contributed by atoms with van der Waals surface area (Å²) < 4.78 is 0.978. The summed E-state index contributed by atoms with van der Waals surface area (Å²) in [6, 6.07) is 0. The van der Waals surface area contributed by atoms with Crippen LogP contribution in [0, 0.1) is 0 Å². The summed E-state index contributed by atoms with van der Waals surface area (Å²) in [7, 11) is 3.49. The van der Waals surface area contributed by atoms with E-state index in [0.717, 1.165) is 11.0 Å². The van der Waals surface area contributed by atoms with Gasteiger partial charge < -0.3 is 9.80 Å². The van der Waals surface area contributed by atoms with Gasteiger partial charge in [-0.05, 0) is 0 Å². The number of rotatable bonds is 5. The van der Waals surface area contributed by atoms with Gasteiger partial charge in [0, 0.05) is 25.1 Å². The zero-order chi connectivity index (χ0) is 9.56. The number of hydrogen-bond donors (Lipinski definition) is 0. The van der Waals surface area contributed by atoms with Crippen LogP contribution in [0.5, 0.6) is 0 Å². The zero-order valence-corrected chi connectivity index (χ0v) is 10.3. The maximum Gasteiger partial charge on any atom is 0.241 e. The number of halogens is 1. The third-order valence-corrected chi connectivity index (χ3v) is 2.14. The van der Waals surface area contributed by atoms with Gasteiger partial charge in [0.15, 0.2) is 0 Å². The van der Waals surface area contributed by atoms with Gasteiger partial charge in [0.05, 0.1) is 12.0 Å². The summed E-state index contributed by atoms with van der Waals surface area (Å²) >= 11 is 7.03. The van der Waals surface area contributed by atoms with E-state index in [2.05, 4.69) is 22.6 Å². The Labute approximate surface area is 92.2 Å². The molecule has 0 rings (SSSR count). The number of alkyl halides is 1. The average Bonchev–Trinajstić information content (AvgIpc) is 2.03. The second kappa shape index (κ2) is 6.59. The summed E-state index contributed by atoms with van der Waals surface area (Å²) in [5.41, 5.74) is 1.54. The molecule has 12 heavy (non-hydrogen) atoms. The lowest BCUT2D eigenvalue weighted by Crippen LogP contribution is -2.36.